The number of aromatic amines is 1. The Kier molecular flexibility index (Phi) is 4.14. The molecule has 0 saturated heterocycles. The Morgan fingerprint density at radius 1 is 1.20 bits per heavy atom. The highest BCUT2D eigenvalue weighted by Gasteiger charge is 2.30. The summed E-state index contributed by atoms with van der Waals surface area (Å²) in [5.41, 5.74) is 4.49. The Morgan fingerprint density at radius 3 is 2.90 bits per heavy atom. The zero-order chi connectivity index (χ0) is 13.9. The number of hydrogen-bond donors (Lipinski definition) is 1. The van der Waals surface area contributed by atoms with Crippen LogP contribution in [0.1, 0.15) is 69.5 Å². The van der Waals surface area contributed by atoms with Gasteiger partial charge in [0.05, 0.1) is 0 Å². The van der Waals surface area contributed by atoms with E-state index in [0.717, 1.165) is 11.8 Å². The van der Waals surface area contributed by atoms with Crippen LogP contribution in [0.4, 0.5) is 0 Å². The number of unbranched alkanes of at least 4 members (excludes halogenated alkanes) is 3. The van der Waals surface area contributed by atoms with E-state index in [0.29, 0.717) is 0 Å². The molecule has 0 amide bonds. The number of fused-ring (bicyclic) bond motifs is 3. The van der Waals surface area contributed by atoms with Gasteiger partial charge < -0.3 is 4.98 Å². The molecule has 1 aliphatic carbocycles. The third kappa shape index (κ3) is 2.51. The molecule has 20 heavy (non-hydrogen) atoms. The van der Waals surface area contributed by atoms with E-state index in [9.17, 15) is 0 Å². The number of hydrogen-bond acceptors (Lipinski definition) is 0. The molecule has 1 heteroatoms. The Morgan fingerprint density at radius 2 is 2.05 bits per heavy atom. The van der Waals surface area contributed by atoms with E-state index in [1.54, 1.807) is 5.56 Å². The average molecular weight is 269 g/mol. The molecule has 0 spiro atoms. The summed E-state index contributed by atoms with van der Waals surface area (Å²) in [5.74, 6) is 1.61. The van der Waals surface area contributed by atoms with Crippen molar-refractivity contribution in [2.75, 3.05) is 0 Å². The second kappa shape index (κ2) is 6.03. The van der Waals surface area contributed by atoms with E-state index in [2.05, 4.69) is 43.1 Å². The largest absolute Gasteiger partial charge is 0.358 e. The van der Waals surface area contributed by atoms with Crippen molar-refractivity contribution in [2.45, 2.75) is 64.7 Å². The van der Waals surface area contributed by atoms with Crippen LogP contribution < -0.4 is 0 Å². The van der Waals surface area contributed by atoms with Crippen LogP contribution in [-0.4, -0.2) is 4.98 Å². The van der Waals surface area contributed by atoms with Gasteiger partial charge in [0.25, 0.3) is 0 Å². The fourth-order valence-corrected chi connectivity index (χ4v) is 3.95. The standard InChI is InChI=1S/C19H27N/c1-3-4-5-6-9-14(2)15-12-13-18-19(15)16-10-7-8-11-17(16)20-18/h7-8,10-11,14-15,20H,3-6,9,12-13H2,1-2H3. The quantitative estimate of drug-likeness (QED) is 0.637. The predicted molar refractivity (Wildman–Crippen MR) is 87.3 cm³/mol. The topological polar surface area (TPSA) is 15.8 Å². The van der Waals surface area contributed by atoms with Crippen LogP contribution in [0.25, 0.3) is 10.9 Å². The Labute approximate surface area is 122 Å². The smallest absolute Gasteiger partial charge is 0.0459 e. The van der Waals surface area contributed by atoms with Crippen molar-refractivity contribution in [3.63, 3.8) is 0 Å². The third-order valence-electron chi connectivity index (χ3n) is 5.10. The molecule has 1 aromatic heterocycles. The van der Waals surface area contributed by atoms with Crippen molar-refractivity contribution in [2.24, 2.45) is 5.92 Å². The van der Waals surface area contributed by atoms with E-state index in [1.807, 2.05) is 0 Å². The minimum Gasteiger partial charge on any atom is -0.358 e. The number of aromatic nitrogens is 1. The normalized spacial score (nSPS) is 19.4. The van der Waals surface area contributed by atoms with Gasteiger partial charge in [-0.1, -0.05) is 64.2 Å². The average Bonchev–Trinajstić information content (AvgIpc) is 3.02. The molecule has 2 atom stereocenters. The molecule has 2 unspecified atom stereocenters. The van der Waals surface area contributed by atoms with Gasteiger partial charge in [-0.3, -0.25) is 0 Å². The van der Waals surface area contributed by atoms with E-state index < -0.39 is 0 Å². The van der Waals surface area contributed by atoms with E-state index in [-0.39, 0.29) is 0 Å². The monoisotopic (exact) mass is 269 g/mol. The lowest BCUT2D eigenvalue weighted by molar-refractivity contribution is 0.407. The van der Waals surface area contributed by atoms with Crippen LogP contribution in [0.15, 0.2) is 24.3 Å². The van der Waals surface area contributed by atoms with Crippen LogP contribution in [0.5, 0.6) is 0 Å². The molecule has 1 aliphatic rings. The molecule has 1 aromatic carbocycles. The summed E-state index contributed by atoms with van der Waals surface area (Å²) in [5, 5.41) is 1.48. The molecule has 0 aliphatic heterocycles. The Hall–Kier alpha value is -1.24. The van der Waals surface area contributed by atoms with Gasteiger partial charge in [-0.2, -0.15) is 0 Å². The number of H-pyrrole nitrogens is 1. The van der Waals surface area contributed by atoms with Crippen molar-refractivity contribution in [1.29, 1.82) is 0 Å². The van der Waals surface area contributed by atoms with Crippen molar-refractivity contribution in [3.8, 4) is 0 Å². The summed E-state index contributed by atoms with van der Waals surface area (Å²) < 4.78 is 0. The van der Waals surface area contributed by atoms with E-state index in [1.165, 1.54) is 61.5 Å². The van der Waals surface area contributed by atoms with Crippen LogP contribution in [0, 0.1) is 5.92 Å². The molecular weight excluding hydrogens is 242 g/mol. The second-order valence-corrected chi connectivity index (χ2v) is 6.53. The first-order chi connectivity index (χ1) is 9.81. The first-order valence-corrected chi connectivity index (χ1v) is 8.40. The van der Waals surface area contributed by atoms with Gasteiger partial charge >= 0.3 is 0 Å². The lowest BCUT2D eigenvalue weighted by atomic mass is 9.84. The highest BCUT2D eigenvalue weighted by molar-refractivity contribution is 5.85. The van der Waals surface area contributed by atoms with Crippen molar-refractivity contribution in [3.05, 3.63) is 35.5 Å². The maximum Gasteiger partial charge on any atom is 0.0459 e. The van der Waals surface area contributed by atoms with Gasteiger partial charge in [0, 0.05) is 16.6 Å². The van der Waals surface area contributed by atoms with Crippen molar-refractivity contribution >= 4 is 10.9 Å². The minimum atomic E-state index is 0.780. The van der Waals surface area contributed by atoms with Crippen molar-refractivity contribution in [1.82, 2.24) is 4.98 Å². The van der Waals surface area contributed by atoms with Gasteiger partial charge in [0.2, 0.25) is 0 Å². The van der Waals surface area contributed by atoms with Gasteiger partial charge in [-0.15, -0.1) is 0 Å². The maximum atomic E-state index is 3.64. The van der Waals surface area contributed by atoms with Gasteiger partial charge in [0.1, 0.15) is 0 Å². The summed E-state index contributed by atoms with van der Waals surface area (Å²) in [7, 11) is 0. The molecule has 0 fully saturated rings. The lowest BCUT2D eigenvalue weighted by Crippen LogP contribution is -2.06. The fourth-order valence-electron chi connectivity index (χ4n) is 3.95. The zero-order valence-corrected chi connectivity index (χ0v) is 12.9. The highest BCUT2D eigenvalue weighted by atomic mass is 14.7. The Balaban J connectivity index is 1.74. The number of benzene rings is 1. The van der Waals surface area contributed by atoms with Gasteiger partial charge in [-0.25, -0.2) is 0 Å². The van der Waals surface area contributed by atoms with Crippen molar-refractivity contribution < 1.29 is 0 Å². The van der Waals surface area contributed by atoms with Crippen LogP contribution in [0.2, 0.25) is 0 Å². The summed E-state index contributed by atoms with van der Waals surface area (Å²) in [4.78, 5) is 3.64. The summed E-state index contributed by atoms with van der Waals surface area (Å²) in [6.07, 6.45) is 9.54. The molecule has 1 N–H and O–H groups in total. The molecule has 3 rings (SSSR count). The molecule has 1 nitrogen and oxygen atoms in total. The number of aryl methyl sites for hydroxylation is 1. The minimum absolute atomic E-state index is 0.780. The molecule has 1 heterocycles. The molecular formula is C19H27N. The number of rotatable bonds is 6. The van der Waals surface area contributed by atoms with Gasteiger partial charge in [-0.05, 0) is 36.3 Å². The molecule has 108 valence electrons. The van der Waals surface area contributed by atoms with Crippen LogP contribution in [-0.2, 0) is 6.42 Å². The molecule has 0 radical (unpaired) electrons. The lowest BCUT2D eigenvalue weighted by Gasteiger charge is -2.20. The predicted octanol–water partition coefficient (Wildman–Crippen LogP) is 5.80. The van der Waals surface area contributed by atoms with E-state index in [4.69, 9.17) is 0 Å². The first-order valence-electron chi connectivity index (χ1n) is 8.40. The summed E-state index contributed by atoms with van der Waals surface area (Å²) >= 11 is 0. The third-order valence-corrected chi connectivity index (χ3v) is 5.10. The molecule has 0 saturated carbocycles. The van der Waals surface area contributed by atoms with Crippen LogP contribution >= 0.6 is 0 Å². The Bertz CT molecular complexity index is 566. The number of nitrogens with one attached hydrogen (secondary N) is 1. The maximum absolute atomic E-state index is 3.64. The highest BCUT2D eigenvalue weighted by Crippen LogP contribution is 2.43. The van der Waals surface area contributed by atoms with Gasteiger partial charge in [0.15, 0.2) is 0 Å². The summed E-state index contributed by atoms with van der Waals surface area (Å²) in [6, 6.07) is 8.83. The first kappa shape index (κ1) is 13.7. The summed E-state index contributed by atoms with van der Waals surface area (Å²) in [6.45, 7) is 4.76. The fraction of sp³-hybridized carbons (Fsp3) is 0.579. The second-order valence-electron chi connectivity index (χ2n) is 6.53. The van der Waals surface area contributed by atoms with E-state index >= 15 is 0 Å². The molecule has 0 bridgehead atoms. The molecule has 2 aromatic rings. The SMILES string of the molecule is CCCCCCC(C)C1CCc2[nH]c3ccccc3c21. The van der Waals surface area contributed by atoms with Crippen LogP contribution in [0.3, 0.4) is 0 Å². The zero-order valence-electron chi connectivity index (χ0n) is 12.9. The number of para-hydroxylation sites is 1.